The number of para-hydroxylation sites is 1. The Hall–Kier alpha value is -2.81. The van der Waals surface area contributed by atoms with Crippen molar-refractivity contribution in [1.82, 2.24) is 10.2 Å². The maximum absolute atomic E-state index is 13.3. The fourth-order valence-corrected chi connectivity index (χ4v) is 5.46. The number of hydrogen-bond donors (Lipinski definition) is 1. The van der Waals surface area contributed by atoms with Gasteiger partial charge in [0.25, 0.3) is 11.8 Å². The van der Waals surface area contributed by atoms with Gasteiger partial charge in [0, 0.05) is 30.1 Å². The number of carbonyl (C=O) groups excluding carboxylic acids is 2. The minimum absolute atomic E-state index is 0.0766. The van der Waals surface area contributed by atoms with E-state index in [0.29, 0.717) is 62.8 Å². The fraction of sp³-hybridized carbons (Fsp3) is 0.310. The Morgan fingerprint density at radius 2 is 1.67 bits per heavy atom. The first-order chi connectivity index (χ1) is 18.8. The van der Waals surface area contributed by atoms with Crippen LogP contribution >= 0.6 is 34.8 Å². The molecular formula is C29H27Cl3N2O5. The van der Waals surface area contributed by atoms with Gasteiger partial charge in [-0.3, -0.25) is 9.59 Å². The molecule has 10 heteroatoms. The summed E-state index contributed by atoms with van der Waals surface area (Å²) in [5, 5.41) is 3.66. The smallest absolute Gasteiger partial charge is 0.254 e. The van der Waals surface area contributed by atoms with E-state index in [1.54, 1.807) is 29.2 Å². The second-order valence-electron chi connectivity index (χ2n) is 9.75. The lowest BCUT2D eigenvalue weighted by Gasteiger charge is -2.31. The molecule has 2 saturated heterocycles. The predicted molar refractivity (Wildman–Crippen MR) is 150 cm³/mol. The highest BCUT2D eigenvalue weighted by atomic mass is 35.5. The molecule has 2 unspecified atom stereocenters. The molecule has 3 aromatic rings. The minimum atomic E-state index is -0.655. The molecule has 7 nitrogen and oxygen atoms in total. The Kier molecular flexibility index (Phi) is 8.64. The average molecular weight is 590 g/mol. The fourth-order valence-electron chi connectivity index (χ4n) is 4.86. The number of nitrogens with one attached hydrogen (secondary N) is 1. The Morgan fingerprint density at radius 3 is 2.38 bits per heavy atom. The first-order valence-electron chi connectivity index (χ1n) is 12.6. The van der Waals surface area contributed by atoms with Crippen molar-refractivity contribution >= 4 is 46.6 Å². The van der Waals surface area contributed by atoms with Gasteiger partial charge in [-0.15, -0.1) is 0 Å². The third-order valence-corrected chi connectivity index (χ3v) is 8.00. The molecule has 0 aromatic heterocycles. The van der Waals surface area contributed by atoms with Gasteiger partial charge in [0.05, 0.1) is 41.4 Å². The molecule has 0 saturated carbocycles. The number of carbonyl (C=O) groups is 2. The maximum atomic E-state index is 13.3. The van der Waals surface area contributed by atoms with Gasteiger partial charge >= 0.3 is 0 Å². The van der Waals surface area contributed by atoms with Crippen LogP contribution in [0.2, 0.25) is 15.1 Å². The number of amides is 2. The van der Waals surface area contributed by atoms with Crippen molar-refractivity contribution in [2.45, 2.75) is 12.0 Å². The van der Waals surface area contributed by atoms with Crippen molar-refractivity contribution in [1.29, 1.82) is 0 Å². The highest BCUT2D eigenvalue weighted by molar-refractivity contribution is 6.48. The van der Waals surface area contributed by atoms with E-state index in [2.05, 4.69) is 5.32 Å². The summed E-state index contributed by atoms with van der Waals surface area (Å²) in [6.07, 6.45) is 0.642. The van der Waals surface area contributed by atoms with Crippen LogP contribution < -0.4 is 10.1 Å². The summed E-state index contributed by atoms with van der Waals surface area (Å²) in [6.45, 7) is 2.42. The van der Waals surface area contributed by atoms with Crippen molar-refractivity contribution in [2.24, 2.45) is 5.92 Å². The number of benzene rings is 3. The van der Waals surface area contributed by atoms with E-state index in [0.717, 1.165) is 5.75 Å². The molecule has 1 N–H and O–H groups in total. The van der Waals surface area contributed by atoms with E-state index in [4.69, 9.17) is 49.0 Å². The van der Waals surface area contributed by atoms with Gasteiger partial charge in [-0.2, -0.15) is 0 Å². The lowest BCUT2D eigenvalue weighted by atomic mass is 9.94. The highest BCUT2D eigenvalue weighted by Gasteiger charge is 2.44. The summed E-state index contributed by atoms with van der Waals surface area (Å²) in [5.41, 5.74) is 0.241. The Bertz CT molecular complexity index is 1320. The molecule has 39 heavy (non-hydrogen) atoms. The summed E-state index contributed by atoms with van der Waals surface area (Å²) in [6, 6.07) is 19.5. The largest absolute Gasteiger partial charge is 0.457 e. The highest BCUT2D eigenvalue weighted by Crippen LogP contribution is 2.35. The molecular weight excluding hydrogens is 563 g/mol. The summed E-state index contributed by atoms with van der Waals surface area (Å²) < 4.78 is 17.8. The monoisotopic (exact) mass is 588 g/mol. The number of rotatable bonds is 6. The SMILES string of the molecule is O=C(NCC1COC2(COCCN(C(=O)c3cc(Cl)c(Cl)c(Cl)c3)C2)C1)c1ccc(Oc2ccccc2)cc1. The molecule has 2 amide bonds. The molecule has 2 aliphatic rings. The van der Waals surface area contributed by atoms with Crippen molar-refractivity contribution in [3.8, 4) is 11.5 Å². The van der Waals surface area contributed by atoms with Crippen LogP contribution in [-0.4, -0.2) is 61.8 Å². The molecule has 2 fully saturated rings. The zero-order valence-electron chi connectivity index (χ0n) is 21.0. The molecule has 2 aliphatic heterocycles. The molecule has 2 heterocycles. The Morgan fingerprint density at radius 1 is 0.974 bits per heavy atom. The van der Waals surface area contributed by atoms with Crippen molar-refractivity contribution in [2.75, 3.05) is 39.5 Å². The Labute approximate surface area is 241 Å². The van der Waals surface area contributed by atoms with Crippen LogP contribution in [0.3, 0.4) is 0 Å². The van der Waals surface area contributed by atoms with Gasteiger partial charge < -0.3 is 24.4 Å². The summed E-state index contributed by atoms with van der Waals surface area (Å²) in [5.74, 6) is 1.06. The van der Waals surface area contributed by atoms with E-state index in [1.165, 1.54) is 12.1 Å². The number of hydrogen-bond acceptors (Lipinski definition) is 5. The van der Waals surface area contributed by atoms with Gasteiger partial charge in [0.2, 0.25) is 0 Å². The molecule has 204 valence electrons. The zero-order valence-corrected chi connectivity index (χ0v) is 23.3. The van der Waals surface area contributed by atoms with Crippen molar-refractivity contribution in [3.05, 3.63) is 92.9 Å². The first-order valence-corrected chi connectivity index (χ1v) is 13.7. The van der Waals surface area contributed by atoms with E-state index in [9.17, 15) is 9.59 Å². The standard InChI is InChI=1S/C29H27Cl3N2O5/c30-24-12-21(13-25(31)26(24)32)28(36)34-10-11-37-18-29(17-34)14-19(16-38-29)15-33-27(35)20-6-8-23(9-7-20)39-22-4-2-1-3-5-22/h1-9,12-13,19H,10-11,14-18H2,(H,33,35). The average Bonchev–Trinajstić information content (AvgIpc) is 3.22. The lowest BCUT2D eigenvalue weighted by molar-refractivity contribution is -0.0538. The maximum Gasteiger partial charge on any atom is 0.254 e. The lowest BCUT2D eigenvalue weighted by Crippen LogP contribution is -2.46. The molecule has 0 aliphatic carbocycles. The summed E-state index contributed by atoms with van der Waals surface area (Å²) in [7, 11) is 0. The second kappa shape index (κ2) is 12.1. The van der Waals surface area contributed by atoms with E-state index >= 15 is 0 Å². The zero-order chi connectivity index (χ0) is 27.4. The van der Waals surface area contributed by atoms with Crippen LogP contribution in [0.1, 0.15) is 27.1 Å². The van der Waals surface area contributed by atoms with Crippen LogP contribution in [0.25, 0.3) is 0 Å². The minimum Gasteiger partial charge on any atom is -0.457 e. The normalized spacial score (nSPS) is 21.0. The molecule has 5 rings (SSSR count). The van der Waals surface area contributed by atoms with Gasteiger partial charge in [-0.25, -0.2) is 0 Å². The number of nitrogens with zero attached hydrogens (tertiary/aromatic N) is 1. The van der Waals surface area contributed by atoms with Gasteiger partial charge in [-0.1, -0.05) is 53.0 Å². The van der Waals surface area contributed by atoms with Crippen molar-refractivity contribution in [3.63, 3.8) is 0 Å². The van der Waals surface area contributed by atoms with Gasteiger partial charge in [-0.05, 0) is 55.0 Å². The number of halogens is 3. The molecule has 3 aromatic carbocycles. The van der Waals surface area contributed by atoms with Crippen LogP contribution in [-0.2, 0) is 9.47 Å². The summed E-state index contributed by atoms with van der Waals surface area (Å²) in [4.78, 5) is 27.7. The van der Waals surface area contributed by atoms with E-state index in [1.807, 2.05) is 30.3 Å². The molecule has 1 spiro atoms. The quantitative estimate of drug-likeness (QED) is 0.351. The predicted octanol–water partition coefficient (Wildman–Crippen LogP) is 6.12. The third-order valence-electron chi connectivity index (χ3n) is 6.80. The van der Waals surface area contributed by atoms with Gasteiger partial charge in [0.15, 0.2) is 0 Å². The van der Waals surface area contributed by atoms with Crippen LogP contribution in [0.5, 0.6) is 11.5 Å². The molecule has 0 radical (unpaired) electrons. The van der Waals surface area contributed by atoms with Crippen molar-refractivity contribution < 1.29 is 23.8 Å². The Balaban J connectivity index is 1.16. The third kappa shape index (κ3) is 6.68. The van der Waals surface area contributed by atoms with Crippen LogP contribution in [0, 0.1) is 5.92 Å². The molecule has 0 bridgehead atoms. The second-order valence-corrected chi connectivity index (χ2v) is 10.9. The van der Waals surface area contributed by atoms with Crippen LogP contribution in [0.15, 0.2) is 66.7 Å². The van der Waals surface area contributed by atoms with E-state index < -0.39 is 5.60 Å². The number of ether oxygens (including phenoxy) is 3. The van der Waals surface area contributed by atoms with Gasteiger partial charge in [0.1, 0.15) is 17.1 Å². The topological polar surface area (TPSA) is 77.1 Å². The summed E-state index contributed by atoms with van der Waals surface area (Å²) >= 11 is 18.3. The molecule has 2 atom stereocenters. The van der Waals surface area contributed by atoms with Crippen LogP contribution in [0.4, 0.5) is 0 Å². The van der Waals surface area contributed by atoms with E-state index in [-0.39, 0.29) is 32.8 Å². The first kappa shape index (κ1) is 27.7.